The summed E-state index contributed by atoms with van der Waals surface area (Å²) in [6, 6.07) is 0. The molecule has 0 aromatic carbocycles. The summed E-state index contributed by atoms with van der Waals surface area (Å²) in [7, 11) is 0. The maximum atomic E-state index is 5.58. The lowest BCUT2D eigenvalue weighted by atomic mass is 9.83. The van der Waals surface area contributed by atoms with Crippen LogP contribution in [0.3, 0.4) is 0 Å². The van der Waals surface area contributed by atoms with Crippen molar-refractivity contribution in [1.82, 2.24) is 0 Å². The highest BCUT2D eigenvalue weighted by atomic mass is 14.6. The lowest BCUT2D eigenvalue weighted by molar-refractivity contribution is 0.339. The van der Waals surface area contributed by atoms with Crippen LogP contribution in [0.15, 0.2) is 12.2 Å². The first kappa shape index (κ1) is 7.76. The molecular weight excluding hydrogens is 124 g/mol. The minimum Gasteiger partial charge on any atom is -0.330 e. The molecule has 0 aromatic heterocycles. The third kappa shape index (κ3) is 1.58. The molecule has 1 aliphatic rings. The van der Waals surface area contributed by atoms with E-state index in [4.69, 9.17) is 11.5 Å². The van der Waals surface area contributed by atoms with Crippen molar-refractivity contribution in [2.24, 2.45) is 23.3 Å². The Morgan fingerprint density at radius 2 is 1.40 bits per heavy atom. The molecule has 1 aliphatic carbocycles. The van der Waals surface area contributed by atoms with Crippen molar-refractivity contribution in [3.63, 3.8) is 0 Å². The number of hydrogen-bond acceptors (Lipinski definition) is 2. The highest BCUT2D eigenvalue weighted by molar-refractivity contribution is 4.94. The number of hydrogen-bond donors (Lipinski definition) is 2. The Balaban J connectivity index is 2.45. The van der Waals surface area contributed by atoms with E-state index >= 15 is 0 Å². The Morgan fingerprint density at radius 1 is 1.00 bits per heavy atom. The Hall–Kier alpha value is -0.340. The van der Waals surface area contributed by atoms with E-state index in [1.54, 1.807) is 0 Å². The summed E-state index contributed by atoms with van der Waals surface area (Å²) in [4.78, 5) is 0. The summed E-state index contributed by atoms with van der Waals surface area (Å²) >= 11 is 0. The molecule has 0 radical (unpaired) electrons. The molecule has 2 heteroatoms. The van der Waals surface area contributed by atoms with Crippen LogP contribution in [0.25, 0.3) is 0 Å². The molecule has 0 saturated carbocycles. The maximum Gasteiger partial charge on any atom is -0.00427 e. The predicted octanol–water partition coefficient (Wildman–Crippen LogP) is 0.486. The minimum absolute atomic E-state index is 0.634. The van der Waals surface area contributed by atoms with Gasteiger partial charge in [0.1, 0.15) is 0 Å². The van der Waals surface area contributed by atoms with E-state index in [1.807, 2.05) is 0 Å². The van der Waals surface area contributed by atoms with Crippen molar-refractivity contribution in [1.29, 1.82) is 0 Å². The first-order chi connectivity index (χ1) is 4.88. The second kappa shape index (κ2) is 3.74. The summed E-state index contributed by atoms with van der Waals surface area (Å²) in [6.07, 6.45) is 6.67. The van der Waals surface area contributed by atoms with Crippen LogP contribution in [0.2, 0.25) is 0 Å². The quantitative estimate of drug-likeness (QED) is 0.548. The maximum absolute atomic E-state index is 5.58. The highest BCUT2D eigenvalue weighted by Crippen LogP contribution is 2.22. The number of allylic oxidation sites excluding steroid dienone is 2. The van der Waals surface area contributed by atoms with Gasteiger partial charge >= 0.3 is 0 Å². The van der Waals surface area contributed by atoms with Crippen LogP contribution >= 0.6 is 0 Å². The number of rotatable bonds is 2. The van der Waals surface area contributed by atoms with E-state index in [9.17, 15) is 0 Å². The summed E-state index contributed by atoms with van der Waals surface area (Å²) in [5.74, 6) is 1.27. The molecule has 0 amide bonds. The Labute approximate surface area is 62.3 Å². The van der Waals surface area contributed by atoms with Crippen LogP contribution in [0.1, 0.15) is 12.8 Å². The summed E-state index contributed by atoms with van der Waals surface area (Å²) < 4.78 is 0. The molecule has 2 atom stereocenters. The molecule has 10 heavy (non-hydrogen) atoms. The zero-order chi connectivity index (χ0) is 7.40. The normalized spacial score (nSPS) is 32.6. The van der Waals surface area contributed by atoms with Crippen molar-refractivity contribution in [2.45, 2.75) is 12.8 Å². The van der Waals surface area contributed by atoms with Crippen LogP contribution in [0, 0.1) is 11.8 Å². The first-order valence-corrected chi connectivity index (χ1v) is 3.93. The molecule has 0 aromatic rings. The van der Waals surface area contributed by atoms with Gasteiger partial charge in [-0.1, -0.05) is 12.2 Å². The molecule has 0 fully saturated rings. The Bertz CT molecular complexity index is 106. The molecule has 1 rings (SSSR count). The Morgan fingerprint density at radius 3 is 1.70 bits per heavy atom. The van der Waals surface area contributed by atoms with E-state index in [0.717, 1.165) is 25.9 Å². The van der Waals surface area contributed by atoms with E-state index in [0.29, 0.717) is 11.8 Å². The molecule has 0 bridgehead atoms. The predicted molar refractivity (Wildman–Crippen MR) is 43.5 cm³/mol. The van der Waals surface area contributed by atoms with E-state index < -0.39 is 0 Å². The zero-order valence-corrected chi connectivity index (χ0v) is 6.29. The zero-order valence-electron chi connectivity index (χ0n) is 6.29. The smallest absolute Gasteiger partial charge is 0.00427 e. The fourth-order valence-electron chi connectivity index (χ4n) is 1.50. The summed E-state index contributed by atoms with van der Waals surface area (Å²) in [5, 5.41) is 0. The standard InChI is InChI=1S/C8H16N2/c9-5-7-3-1-2-4-8(7)6-10/h1-2,7-8H,3-6,9-10H2. The van der Waals surface area contributed by atoms with E-state index in [-0.39, 0.29) is 0 Å². The second-order valence-electron chi connectivity index (χ2n) is 2.93. The second-order valence-corrected chi connectivity index (χ2v) is 2.93. The molecular formula is C8H16N2. The number of nitrogens with two attached hydrogens (primary N) is 2. The summed E-state index contributed by atoms with van der Waals surface area (Å²) in [5.41, 5.74) is 11.2. The van der Waals surface area contributed by atoms with Gasteiger partial charge in [-0.15, -0.1) is 0 Å². The molecule has 58 valence electrons. The van der Waals surface area contributed by atoms with Gasteiger partial charge in [-0.25, -0.2) is 0 Å². The Kier molecular flexibility index (Phi) is 2.90. The van der Waals surface area contributed by atoms with Crippen molar-refractivity contribution in [2.75, 3.05) is 13.1 Å². The highest BCUT2D eigenvalue weighted by Gasteiger charge is 2.18. The minimum atomic E-state index is 0.634. The monoisotopic (exact) mass is 140 g/mol. The fourth-order valence-corrected chi connectivity index (χ4v) is 1.50. The fraction of sp³-hybridized carbons (Fsp3) is 0.750. The van der Waals surface area contributed by atoms with Gasteiger partial charge in [0.05, 0.1) is 0 Å². The average Bonchev–Trinajstić information content (AvgIpc) is 2.04. The van der Waals surface area contributed by atoms with Gasteiger partial charge in [-0.05, 0) is 37.8 Å². The lowest BCUT2D eigenvalue weighted by Crippen LogP contribution is -2.30. The van der Waals surface area contributed by atoms with E-state index in [1.165, 1.54) is 0 Å². The molecule has 0 spiro atoms. The molecule has 0 heterocycles. The van der Waals surface area contributed by atoms with Gasteiger partial charge in [-0.3, -0.25) is 0 Å². The largest absolute Gasteiger partial charge is 0.330 e. The molecule has 2 nitrogen and oxygen atoms in total. The first-order valence-electron chi connectivity index (χ1n) is 3.93. The third-order valence-electron chi connectivity index (χ3n) is 2.32. The van der Waals surface area contributed by atoms with Gasteiger partial charge in [-0.2, -0.15) is 0 Å². The van der Waals surface area contributed by atoms with Gasteiger partial charge in [0, 0.05) is 0 Å². The van der Waals surface area contributed by atoms with Crippen molar-refractivity contribution >= 4 is 0 Å². The average molecular weight is 140 g/mol. The molecule has 0 saturated heterocycles. The molecule has 0 aliphatic heterocycles. The van der Waals surface area contributed by atoms with Crippen LogP contribution in [-0.4, -0.2) is 13.1 Å². The van der Waals surface area contributed by atoms with Crippen molar-refractivity contribution < 1.29 is 0 Å². The van der Waals surface area contributed by atoms with Crippen molar-refractivity contribution in [3.8, 4) is 0 Å². The van der Waals surface area contributed by atoms with Crippen LogP contribution in [0.4, 0.5) is 0 Å². The van der Waals surface area contributed by atoms with Gasteiger partial charge in [0.15, 0.2) is 0 Å². The van der Waals surface area contributed by atoms with Gasteiger partial charge in [0.2, 0.25) is 0 Å². The van der Waals surface area contributed by atoms with E-state index in [2.05, 4.69) is 12.2 Å². The SMILES string of the molecule is NCC1CC=CCC1CN. The molecule has 2 unspecified atom stereocenters. The van der Waals surface area contributed by atoms with Gasteiger partial charge < -0.3 is 11.5 Å². The van der Waals surface area contributed by atoms with Crippen molar-refractivity contribution in [3.05, 3.63) is 12.2 Å². The lowest BCUT2D eigenvalue weighted by Gasteiger charge is -2.25. The van der Waals surface area contributed by atoms with Gasteiger partial charge in [0.25, 0.3) is 0 Å². The van der Waals surface area contributed by atoms with Crippen LogP contribution in [0.5, 0.6) is 0 Å². The molecule has 4 N–H and O–H groups in total. The summed E-state index contributed by atoms with van der Waals surface area (Å²) in [6.45, 7) is 1.57. The topological polar surface area (TPSA) is 52.0 Å². The van der Waals surface area contributed by atoms with Crippen LogP contribution < -0.4 is 11.5 Å². The third-order valence-corrected chi connectivity index (χ3v) is 2.32. The van der Waals surface area contributed by atoms with Crippen LogP contribution in [-0.2, 0) is 0 Å².